The maximum atomic E-state index is 12.6. The molecule has 0 fully saturated rings. The van der Waals surface area contributed by atoms with Gasteiger partial charge >= 0.3 is 0 Å². The van der Waals surface area contributed by atoms with Gasteiger partial charge in [-0.1, -0.05) is 54.1 Å². The van der Waals surface area contributed by atoms with Crippen molar-refractivity contribution in [3.05, 3.63) is 89.5 Å². The molecule has 0 unspecified atom stereocenters. The topological polar surface area (TPSA) is 86.9 Å². The Hall–Kier alpha value is -3.65. The van der Waals surface area contributed by atoms with Crippen molar-refractivity contribution >= 4 is 23.5 Å². The summed E-state index contributed by atoms with van der Waals surface area (Å²) in [6, 6.07) is 18.6. The summed E-state index contributed by atoms with van der Waals surface area (Å²) in [5, 5.41) is 11.6. The molecule has 0 saturated heterocycles. The summed E-state index contributed by atoms with van der Waals surface area (Å²) in [5.41, 5.74) is 1.40. The number of nitrogens with zero attached hydrogens (tertiary/aromatic N) is 5. The van der Waals surface area contributed by atoms with E-state index in [9.17, 15) is 4.79 Å². The van der Waals surface area contributed by atoms with Crippen molar-refractivity contribution in [3.63, 3.8) is 0 Å². The van der Waals surface area contributed by atoms with E-state index >= 15 is 0 Å². The summed E-state index contributed by atoms with van der Waals surface area (Å²) in [6.07, 6.45) is 3.09. The minimum absolute atomic E-state index is 0.0371. The number of carbonyl (C=O) groups excluding carboxylic acids is 1. The number of carbonyl (C=O) groups is 1. The zero-order valence-electron chi connectivity index (χ0n) is 15.3. The predicted octanol–water partition coefficient (Wildman–Crippen LogP) is 3.47. The second kappa shape index (κ2) is 8.57. The summed E-state index contributed by atoms with van der Waals surface area (Å²) >= 11 is 6.08. The normalized spacial score (nSPS) is 10.7. The standard InChI is InChI=1S/C20H17ClN6O2/c21-16-8-4-5-9-18(16)29-14-27-17(10-11-23-27)19(28)24-20-22-13-26(25-20)12-15-6-2-1-3-7-15/h1-11,13H,12,14H2,(H,24,25,28). The molecule has 0 aliphatic heterocycles. The molecule has 4 aromatic rings. The first-order valence-electron chi connectivity index (χ1n) is 8.83. The second-order valence-electron chi connectivity index (χ2n) is 6.13. The average molecular weight is 409 g/mol. The molecular formula is C20H17ClN6O2. The van der Waals surface area contributed by atoms with Crippen molar-refractivity contribution in [3.8, 4) is 5.75 Å². The van der Waals surface area contributed by atoms with E-state index in [0.29, 0.717) is 23.0 Å². The van der Waals surface area contributed by atoms with Crippen LogP contribution in [0.2, 0.25) is 5.02 Å². The summed E-state index contributed by atoms with van der Waals surface area (Å²) in [7, 11) is 0. The van der Waals surface area contributed by atoms with Crippen LogP contribution in [-0.2, 0) is 13.3 Å². The van der Waals surface area contributed by atoms with Gasteiger partial charge in [0.05, 0.1) is 11.6 Å². The van der Waals surface area contributed by atoms with Gasteiger partial charge in [-0.15, -0.1) is 5.10 Å². The quantitative estimate of drug-likeness (QED) is 0.506. The molecule has 1 N–H and O–H groups in total. The molecule has 8 nitrogen and oxygen atoms in total. The van der Waals surface area contributed by atoms with Crippen LogP contribution in [0.5, 0.6) is 5.75 Å². The van der Waals surface area contributed by atoms with Gasteiger partial charge in [0, 0.05) is 6.20 Å². The van der Waals surface area contributed by atoms with Crippen molar-refractivity contribution in [2.45, 2.75) is 13.3 Å². The summed E-state index contributed by atoms with van der Waals surface area (Å²) in [5.74, 6) is 0.339. The number of para-hydroxylation sites is 1. The highest BCUT2D eigenvalue weighted by molar-refractivity contribution is 6.32. The number of halogens is 1. The molecule has 4 rings (SSSR count). The lowest BCUT2D eigenvalue weighted by atomic mass is 10.2. The van der Waals surface area contributed by atoms with E-state index in [4.69, 9.17) is 16.3 Å². The number of ether oxygens (including phenoxy) is 1. The predicted molar refractivity (Wildman–Crippen MR) is 108 cm³/mol. The number of amides is 1. The lowest BCUT2D eigenvalue weighted by Crippen LogP contribution is -2.20. The number of benzene rings is 2. The molecular weight excluding hydrogens is 392 g/mol. The Balaban J connectivity index is 1.39. The zero-order valence-corrected chi connectivity index (χ0v) is 16.0. The highest BCUT2D eigenvalue weighted by Gasteiger charge is 2.15. The molecule has 2 heterocycles. The van der Waals surface area contributed by atoms with Crippen LogP contribution in [0.15, 0.2) is 73.2 Å². The SMILES string of the molecule is O=C(Nc1ncn(Cc2ccccc2)n1)c1ccnn1COc1ccccc1Cl. The first-order chi connectivity index (χ1) is 14.2. The van der Waals surface area contributed by atoms with Gasteiger partial charge in [-0.05, 0) is 23.8 Å². The largest absolute Gasteiger partial charge is 0.470 e. The van der Waals surface area contributed by atoms with E-state index in [1.807, 2.05) is 42.5 Å². The minimum Gasteiger partial charge on any atom is -0.470 e. The molecule has 9 heteroatoms. The van der Waals surface area contributed by atoms with E-state index < -0.39 is 0 Å². The number of nitrogens with one attached hydrogen (secondary N) is 1. The van der Waals surface area contributed by atoms with Gasteiger partial charge in [-0.3, -0.25) is 10.1 Å². The van der Waals surface area contributed by atoms with Gasteiger partial charge in [0.15, 0.2) is 6.73 Å². The fraction of sp³-hybridized carbons (Fsp3) is 0.100. The summed E-state index contributed by atoms with van der Waals surface area (Å²) in [6.45, 7) is 0.600. The molecule has 146 valence electrons. The molecule has 2 aromatic carbocycles. The van der Waals surface area contributed by atoms with Crippen LogP contribution in [-0.4, -0.2) is 30.5 Å². The molecule has 29 heavy (non-hydrogen) atoms. The lowest BCUT2D eigenvalue weighted by molar-refractivity contribution is 0.100. The van der Waals surface area contributed by atoms with Gasteiger partial charge in [-0.25, -0.2) is 14.3 Å². The van der Waals surface area contributed by atoms with E-state index in [-0.39, 0.29) is 18.6 Å². The minimum atomic E-state index is -0.386. The Bertz CT molecular complexity index is 1110. The molecule has 1 amide bonds. The van der Waals surface area contributed by atoms with Crippen molar-refractivity contribution in [2.24, 2.45) is 0 Å². The fourth-order valence-electron chi connectivity index (χ4n) is 2.69. The Labute approximate surface area is 171 Å². The van der Waals surface area contributed by atoms with Gasteiger partial charge in [0.1, 0.15) is 17.8 Å². The maximum Gasteiger partial charge on any atom is 0.276 e. The monoisotopic (exact) mass is 408 g/mol. The maximum absolute atomic E-state index is 12.6. The molecule has 0 spiro atoms. The third-order valence-corrected chi connectivity index (χ3v) is 4.39. The Morgan fingerprint density at radius 3 is 2.69 bits per heavy atom. The number of rotatable bonds is 7. The number of hydrogen-bond donors (Lipinski definition) is 1. The summed E-state index contributed by atoms with van der Waals surface area (Å²) < 4.78 is 8.73. The van der Waals surface area contributed by atoms with Crippen LogP contribution in [0.25, 0.3) is 0 Å². The zero-order chi connectivity index (χ0) is 20.1. The summed E-state index contributed by atoms with van der Waals surface area (Å²) in [4.78, 5) is 16.7. The third kappa shape index (κ3) is 4.61. The molecule has 0 aliphatic rings. The van der Waals surface area contributed by atoms with Crippen LogP contribution in [0.4, 0.5) is 5.95 Å². The van der Waals surface area contributed by atoms with Crippen LogP contribution < -0.4 is 10.1 Å². The molecule has 2 aromatic heterocycles. The van der Waals surface area contributed by atoms with E-state index in [1.54, 1.807) is 29.2 Å². The fourth-order valence-corrected chi connectivity index (χ4v) is 2.88. The number of hydrogen-bond acceptors (Lipinski definition) is 5. The van der Waals surface area contributed by atoms with Crippen LogP contribution in [0.1, 0.15) is 16.1 Å². The van der Waals surface area contributed by atoms with Gasteiger partial charge in [0.2, 0.25) is 5.95 Å². The molecule has 0 saturated carbocycles. The molecule has 0 bridgehead atoms. The van der Waals surface area contributed by atoms with Crippen molar-refractivity contribution in [1.29, 1.82) is 0 Å². The Morgan fingerprint density at radius 1 is 1.07 bits per heavy atom. The van der Waals surface area contributed by atoms with Gasteiger partial charge in [0.25, 0.3) is 5.91 Å². The van der Waals surface area contributed by atoms with E-state index in [1.165, 1.54) is 10.9 Å². The van der Waals surface area contributed by atoms with Crippen LogP contribution in [0, 0.1) is 0 Å². The number of anilines is 1. The number of aromatic nitrogens is 5. The first-order valence-corrected chi connectivity index (χ1v) is 9.21. The average Bonchev–Trinajstić information content (AvgIpc) is 3.37. The van der Waals surface area contributed by atoms with E-state index in [2.05, 4.69) is 20.5 Å². The highest BCUT2D eigenvalue weighted by Crippen LogP contribution is 2.23. The van der Waals surface area contributed by atoms with Crippen molar-refractivity contribution < 1.29 is 9.53 Å². The molecule has 0 aliphatic carbocycles. The van der Waals surface area contributed by atoms with Crippen molar-refractivity contribution in [1.82, 2.24) is 24.5 Å². The van der Waals surface area contributed by atoms with Crippen LogP contribution >= 0.6 is 11.6 Å². The second-order valence-corrected chi connectivity index (χ2v) is 6.53. The Morgan fingerprint density at radius 2 is 1.86 bits per heavy atom. The third-order valence-electron chi connectivity index (χ3n) is 4.08. The van der Waals surface area contributed by atoms with Crippen molar-refractivity contribution in [2.75, 3.05) is 5.32 Å². The highest BCUT2D eigenvalue weighted by atomic mass is 35.5. The lowest BCUT2D eigenvalue weighted by Gasteiger charge is -2.10. The van der Waals surface area contributed by atoms with Crippen LogP contribution in [0.3, 0.4) is 0 Å². The molecule has 0 radical (unpaired) electrons. The van der Waals surface area contributed by atoms with Gasteiger partial charge in [-0.2, -0.15) is 5.10 Å². The van der Waals surface area contributed by atoms with E-state index in [0.717, 1.165) is 5.56 Å². The van der Waals surface area contributed by atoms with Gasteiger partial charge < -0.3 is 4.74 Å². The first kappa shape index (κ1) is 18.7. The smallest absolute Gasteiger partial charge is 0.276 e. The molecule has 0 atom stereocenters. The Kier molecular flexibility index (Phi) is 5.53.